The van der Waals surface area contributed by atoms with Crippen LogP contribution in [0.3, 0.4) is 0 Å². The fraction of sp³-hybridized carbons (Fsp3) is 0.407. The topological polar surface area (TPSA) is 110 Å². The highest BCUT2D eigenvalue weighted by Gasteiger charge is 2.21. The predicted molar refractivity (Wildman–Crippen MR) is 149 cm³/mol. The number of aromatic nitrogens is 3. The van der Waals surface area contributed by atoms with Crippen LogP contribution in [-0.4, -0.2) is 65.0 Å². The van der Waals surface area contributed by atoms with Crippen LogP contribution in [0.4, 0.5) is 5.95 Å². The largest absolute Gasteiger partial charge is 0.436 e. The van der Waals surface area contributed by atoms with Gasteiger partial charge in [0.05, 0.1) is 18.1 Å². The number of pyridine rings is 1. The van der Waals surface area contributed by atoms with E-state index in [0.29, 0.717) is 45.7 Å². The lowest BCUT2D eigenvalue weighted by molar-refractivity contribution is -0.119. The van der Waals surface area contributed by atoms with E-state index in [0.717, 1.165) is 69.8 Å². The van der Waals surface area contributed by atoms with Crippen molar-refractivity contribution < 1.29 is 9.53 Å². The monoisotopic (exact) mass is 555 g/mol. The summed E-state index contributed by atoms with van der Waals surface area (Å²) in [6, 6.07) is 9.35. The first-order chi connectivity index (χ1) is 18.4. The van der Waals surface area contributed by atoms with Crippen LogP contribution in [0.5, 0.6) is 11.6 Å². The summed E-state index contributed by atoms with van der Waals surface area (Å²) in [6.45, 7) is 6.09. The van der Waals surface area contributed by atoms with Gasteiger partial charge in [-0.15, -0.1) is 0 Å². The van der Waals surface area contributed by atoms with Gasteiger partial charge in [-0.05, 0) is 61.7 Å². The van der Waals surface area contributed by atoms with E-state index in [1.807, 2.05) is 24.3 Å². The summed E-state index contributed by atoms with van der Waals surface area (Å²) in [4.78, 5) is 29.6. The van der Waals surface area contributed by atoms with Gasteiger partial charge in [0, 0.05) is 60.8 Å². The molecule has 0 unspecified atom stereocenters. The first-order valence-electron chi connectivity index (χ1n) is 12.8. The fourth-order valence-corrected chi connectivity index (χ4v) is 5.48. The van der Waals surface area contributed by atoms with Crippen molar-refractivity contribution in [2.75, 3.05) is 44.2 Å². The van der Waals surface area contributed by atoms with Crippen molar-refractivity contribution in [3.63, 3.8) is 0 Å². The number of benzene rings is 1. The van der Waals surface area contributed by atoms with Gasteiger partial charge in [0.25, 0.3) is 0 Å². The van der Waals surface area contributed by atoms with E-state index in [2.05, 4.69) is 25.1 Å². The molecule has 1 aromatic carbocycles. The zero-order chi connectivity index (χ0) is 26.5. The van der Waals surface area contributed by atoms with E-state index in [1.54, 1.807) is 18.5 Å². The zero-order valence-corrected chi connectivity index (χ0v) is 22.6. The normalized spacial score (nSPS) is 16.9. The summed E-state index contributed by atoms with van der Waals surface area (Å²) < 4.78 is 6.13. The van der Waals surface area contributed by atoms with E-state index >= 15 is 0 Å². The zero-order valence-electron chi connectivity index (χ0n) is 21.1. The highest BCUT2D eigenvalue weighted by Crippen LogP contribution is 2.31. The number of nitrogens with one attached hydrogen (secondary N) is 1. The molecule has 0 bridgehead atoms. The quantitative estimate of drug-likeness (QED) is 0.426. The summed E-state index contributed by atoms with van der Waals surface area (Å²) in [5.74, 6) is 1.77. The number of halogens is 2. The molecule has 1 amide bonds. The minimum Gasteiger partial charge on any atom is -0.436 e. The molecule has 9 nitrogen and oxygen atoms in total. The smallest absolute Gasteiger partial charge is 0.225 e. The number of hydrogen-bond donors (Lipinski definition) is 2. The Balaban J connectivity index is 1.36. The summed E-state index contributed by atoms with van der Waals surface area (Å²) in [5, 5.41) is 4.40. The number of piperazine rings is 1. The average Bonchev–Trinajstić information content (AvgIpc) is 2.90. The molecule has 3 N–H and O–H groups in total. The molecule has 2 fully saturated rings. The number of ether oxygens (including phenoxy) is 1. The molecule has 2 aliphatic rings. The van der Waals surface area contributed by atoms with Crippen LogP contribution < -0.4 is 20.7 Å². The van der Waals surface area contributed by atoms with Gasteiger partial charge in [0.15, 0.2) is 5.75 Å². The van der Waals surface area contributed by atoms with Gasteiger partial charge in [0.2, 0.25) is 17.7 Å². The number of nitrogens with zero attached hydrogens (tertiary/aromatic N) is 5. The second kappa shape index (κ2) is 12.3. The Morgan fingerprint density at radius 3 is 2.34 bits per heavy atom. The maximum Gasteiger partial charge on any atom is 0.225 e. The standard InChI is InChI=1S/C27H31Cl2N7O2/c28-21-12-20(13-22(29)14-21)24-9-19(17-35-5-1-18(2-6-35)10-25(30)37)11-26(34-24)38-23-15-32-27(33-16-23)36-7-3-31-4-8-36/h9,11-16,18,31H,1-8,10,17H2,(H2,30,37). The lowest BCUT2D eigenvalue weighted by Crippen LogP contribution is -2.44. The molecular formula is C27H31Cl2N7O2. The molecule has 0 spiro atoms. The Bertz CT molecular complexity index is 1240. The van der Waals surface area contributed by atoms with Crippen molar-refractivity contribution in [2.45, 2.75) is 25.8 Å². The molecule has 200 valence electrons. The molecule has 2 aliphatic heterocycles. The minimum atomic E-state index is -0.228. The van der Waals surface area contributed by atoms with E-state index in [1.165, 1.54) is 0 Å². The Morgan fingerprint density at radius 2 is 1.68 bits per heavy atom. The van der Waals surface area contributed by atoms with E-state index in [4.69, 9.17) is 38.7 Å². The maximum absolute atomic E-state index is 11.3. The molecule has 5 rings (SSSR count). The van der Waals surface area contributed by atoms with Gasteiger partial charge >= 0.3 is 0 Å². The number of nitrogens with two attached hydrogens (primary N) is 1. The third kappa shape index (κ3) is 7.11. The lowest BCUT2D eigenvalue weighted by atomic mass is 9.93. The molecule has 0 radical (unpaired) electrons. The van der Waals surface area contributed by atoms with Crippen molar-refractivity contribution in [1.82, 2.24) is 25.2 Å². The predicted octanol–water partition coefficient (Wildman–Crippen LogP) is 4.13. The van der Waals surface area contributed by atoms with Gasteiger partial charge in [-0.25, -0.2) is 15.0 Å². The second-order valence-corrected chi connectivity index (χ2v) is 10.7. The number of rotatable bonds is 8. The number of carbonyl (C=O) groups is 1. The molecule has 38 heavy (non-hydrogen) atoms. The first-order valence-corrected chi connectivity index (χ1v) is 13.6. The average molecular weight is 556 g/mol. The molecule has 2 saturated heterocycles. The van der Waals surface area contributed by atoms with E-state index in [9.17, 15) is 4.79 Å². The van der Waals surface area contributed by atoms with Crippen LogP contribution in [0.1, 0.15) is 24.8 Å². The Labute approximate surface area is 232 Å². The third-order valence-electron chi connectivity index (χ3n) is 6.86. The van der Waals surface area contributed by atoms with Gasteiger partial charge in [-0.1, -0.05) is 23.2 Å². The van der Waals surface area contributed by atoms with Crippen LogP contribution in [0.25, 0.3) is 11.3 Å². The Morgan fingerprint density at radius 1 is 1.00 bits per heavy atom. The summed E-state index contributed by atoms with van der Waals surface area (Å²) in [6.07, 6.45) is 5.71. The van der Waals surface area contributed by atoms with Crippen molar-refractivity contribution in [3.05, 3.63) is 58.3 Å². The number of hydrogen-bond acceptors (Lipinski definition) is 8. The number of likely N-dealkylation sites (tertiary alicyclic amines) is 1. The van der Waals surface area contributed by atoms with Crippen LogP contribution >= 0.6 is 23.2 Å². The van der Waals surface area contributed by atoms with Gasteiger partial charge in [-0.2, -0.15) is 0 Å². The minimum absolute atomic E-state index is 0.228. The summed E-state index contributed by atoms with van der Waals surface area (Å²) >= 11 is 12.6. The second-order valence-electron chi connectivity index (χ2n) is 9.80. The molecule has 0 atom stereocenters. The van der Waals surface area contributed by atoms with Crippen molar-refractivity contribution >= 4 is 35.1 Å². The highest BCUT2D eigenvalue weighted by molar-refractivity contribution is 6.35. The summed E-state index contributed by atoms with van der Waals surface area (Å²) in [5.41, 5.74) is 7.96. The van der Waals surface area contributed by atoms with Crippen LogP contribution in [0, 0.1) is 5.92 Å². The molecule has 0 aliphatic carbocycles. The first kappa shape index (κ1) is 26.6. The number of primary amides is 1. The molecule has 0 saturated carbocycles. The van der Waals surface area contributed by atoms with Gasteiger partial charge in [-0.3, -0.25) is 9.69 Å². The lowest BCUT2D eigenvalue weighted by Gasteiger charge is -2.31. The number of carbonyl (C=O) groups excluding carboxylic acids is 1. The van der Waals surface area contributed by atoms with E-state index in [-0.39, 0.29) is 5.91 Å². The Kier molecular flexibility index (Phi) is 8.58. The Hall–Kier alpha value is -2.98. The summed E-state index contributed by atoms with van der Waals surface area (Å²) in [7, 11) is 0. The SMILES string of the molecule is NC(=O)CC1CCN(Cc2cc(Oc3cnc(N4CCNCC4)nc3)nc(-c3cc(Cl)cc(Cl)c3)c2)CC1. The fourth-order valence-electron chi connectivity index (χ4n) is 4.95. The van der Waals surface area contributed by atoms with Gasteiger partial charge in [0.1, 0.15) is 0 Å². The molecule has 3 aromatic rings. The highest BCUT2D eigenvalue weighted by atomic mass is 35.5. The van der Waals surface area contributed by atoms with Crippen molar-refractivity contribution in [2.24, 2.45) is 11.7 Å². The number of piperidine rings is 1. The van der Waals surface area contributed by atoms with Gasteiger partial charge < -0.3 is 20.7 Å². The van der Waals surface area contributed by atoms with Crippen LogP contribution in [0.15, 0.2) is 42.7 Å². The van der Waals surface area contributed by atoms with E-state index < -0.39 is 0 Å². The number of anilines is 1. The molecular weight excluding hydrogens is 525 g/mol. The maximum atomic E-state index is 11.3. The van der Waals surface area contributed by atoms with Crippen molar-refractivity contribution in [3.8, 4) is 22.9 Å². The number of amides is 1. The molecule has 11 heteroatoms. The van der Waals surface area contributed by atoms with Crippen LogP contribution in [-0.2, 0) is 11.3 Å². The van der Waals surface area contributed by atoms with Crippen LogP contribution in [0.2, 0.25) is 10.0 Å². The van der Waals surface area contributed by atoms with Crippen molar-refractivity contribution in [1.29, 1.82) is 0 Å². The third-order valence-corrected chi connectivity index (χ3v) is 7.30. The molecule has 4 heterocycles. The molecule has 2 aromatic heterocycles.